The molecule has 6 nitrogen and oxygen atoms in total. The molecule has 0 bridgehead atoms. The number of methoxy groups -OCH3 is 1. The Morgan fingerprint density at radius 3 is 2.91 bits per heavy atom. The molecular formula is C26H28N4O2. The first kappa shape index (κ1) is 20.5. The number of unbranched alkanes of at least 4 members (excludes halogenated alkanes) is 1. The number of amides is 1. The molecule has 2 N–H and O–H groups in total. The van der Waals surface area contributed by atoms with Crippen LogP contribution in [-0.2, 0) is 13.0 Å². The van der Waals surface area contributed by atoms with Crippen molar-refractivity contribution in [2.45, 2.75) is 25.8 Å². The second-order valence-corrected chi connectivity index (χ2v) is 8.37. The predicted molar refractivity (Wildman–Crippen MR) is 127 cm³/mol. The summed E-state index contributed by atoms with van der Waals surface area (Å²) in [6.07, 6.45) is 4.78. The van der Waals surface area contributed by atoms with E-state index < -0.39 is 0 Å². The first-order chi connectivity index (χ1) is 15.7. The average molecular weight is 429 g/mol. The highest BCUT2D eigenvalue weighted by atomic mass is 16.5. The normalized spacial score (nSPS) is 13.9. The molecule has 1 aliphatic rings. The number of carbonyl (C=O) groups excluding carboxylic acids is 1. The van der Waals surface area contributed by atoms with Crippen LogP contribution >= 0.6 is 0 Å². The molecule has 1 aliphatic heterocycles. The van der Waals surface area contributed by atoms with Crippen LogP contribution in [0.5, 0.6) is 5.75 Å². The van der Waals surface area contributed by atoms with Crippen LogP contribution in [-0.4, -0.2) is 47.5 Å². The number of H-pyrrole nitrogens is 1. The topological polar surface area (TPSA) is 70.2 Å². The minimum absolute atomic E-state index is 0.106. The van der Waals surface area contributed by atoms with Crippen LogP contribution in [0.3, 0.4) is 0 Å². The van der Waals surface area contributed by atoms with Gasteiger partial charge in [-0.2, -0.15) is 0 Å². The third kappa shape index (κ3) is 4.06. The van der Waals surface area contributed by atoms with E-state index in [0.717, 1.165) is 60.9 Å². The van der Waals surface area contributed by atoms with Crippen LogP contribution in [0.15, 0.2) is 54.7 Å². The van der Waals surface area contributed by atoms with Crippen molar-refractivity contribution >= 4 is 27.6 Å². The van der Waals surface area contributed by atoms with Crippen LogP contribution in [0.4, 0.5) is 0 Å². The summed E-state index contributed by atoms with van der Waals surface area (Å²) in [5.41, 5.74) is 4.32. The number of pyridine rings is 1. The van der Waals surface area contributed by atoms with Gasteiger partial charge in [0.05, 0.1) is 7.11 Å². The number of carbonyl (C=O) groups is 1. The molecule has 0 aliphatic carbocycles. The molecule has 1 amide bonds. The zero-order valence-electron chi connectivity index (χ0n) is 18.4. The second-order valence-electron chi connectivity index (χ2n) is 8.37. The second kappa shape index (κ2) is 9.01. The first-order valence-corrected chi connectivity index (χ1v) is 11.2. The molecule has 4 aromatic rings. The SMILES string of the molecule is COc1cccc2[nH]c3c(c12)CCN(CCCCNC(=O)c1cc2ccccc2cn1)C3. The highest BCUT2D eigenvalue weighted by molar-refractivity contribution is 5.96. The van der Waals surface area contributed by atoms with Crippen LogP contribution in [0.2, 0.25) is 0 Å². The molecule has 32 heavy (non-hydrogen) atoms. The predicted octanol–water partition coefficient (Wildman–Crippen LogP) is 4.29. The third-order valence-electron chi connectivity index (χ3n) is 6.31. The largest absolute Gasteiger partial charge is 0.496 e. The van der Waals surface area contributed by atoms with E-state index in [1.807, 2.05) is 42.5 Å². The Labute approximate surface area is 187 Å². The smallest absolute Gasteiger partial charge is 0.269 e. The number of nitrogens with zero attached hydrogens (tertiary/aromatic N) is 2. The fourth-order valence-electron chi connectivity index (χ4n) is 4.64. The lowest BCUT2D eigenvalue weighted by Gasteiger charge is -2.27. The monoisotopic (exact) mass is 428 g/mol. The summed E-state index contributed by atoms with van der Waals surface area (Å²) >= 11 is 0. The fourth-order valence-corrected chi connectivity index (χ4v) is 4.64. The quantitative estimate of drug-likeness (QED) is 0.431. The van der Waals surface area contributed by atoms with Crippen molar-refractivity contribution in [2.24, 2.45) is 0 Å². The lowest BCUT2D eigenvalue weighted by Crippen LogP contribution is -2.32. The summed E-state index contributed by atoms with van der Waals surface area (Å²) in [6, 6.07) is 16.0. The minimum Gasteiger partial charge on any atom is -0.496 e. The Morgan fingerprint density at radius 2 is 2.03 bits per heavy atom. The zero-order chi connectivity index (χ0) is 21.9. The third-order valence-corrected chi connectivity index (χ3v) is 6.31. The summed E-state index contributed by atoms with van der Waals surface area (Å²) in [4.78, 5) is 22.8. The Morgan fingerprint density at radius 1 is 1.16 bits per heavy atom. The highest BCUT2D eigenvalue weighted by Crippen LogP contribution is 2.34. The van der Waals surface area contributed by atoms with Crippen LogP contribution in [0, 0.1) is 0 Å². The summed E-state index contributed by atoms with van der Waals surface area (Å²) in [6.45, 7) is 3.66. The maximum Gasteiger partial charge on any atom is 0.269 e. The molecule has 0 saturated carbocycles. The van der Waals surface area contributed by atoms with E-state index in [1.54, 1.807) is 13.3 Å². The number of nitrogens with one attached hydrogen (secondary N) is 2. The molecule has 0 saturated heterocycles. The Balaban J connectivity index is 1.11. The summed E-state index contributed by atoms with van der Waals surface area (Å²) in [7, 11) is 1.73. The number of hydrogen-bond acceptors (Lipinski definition) is 4. The van der Waals surface area contributed by atoms with E-state index in [9.17, 15) is 4.79 Å². The van der Waals surface area contributed by atoms with Gasteiger partial charge in [-0.25, -0.2) is 0 Å². The van der Waals surface area contributed by atoms with Gasteiger partial charge in [-0.1, -0.05) is 30.3 Å². The van der Waals surface area contributed by atoms with Crippen molar-refractivity contribution in [1.82, 2.24) is 20.2 Å². The van der Waals surface area contributed by atoms with Crippen molar-refractivity contribution in [1.29, 1.82) is 0 Å². The Hall–Kier alpha value is -3.38. The maximum absolute atomic E-state index is 12.4. The minimum atomic E-state index is -0.106. The van der Waals surface area contributed by atoms with E-state index in [1.165, 1.54) is 16.6 Å². The van der Waals surface area contributed by atoms with E-state index in [0.29, 0.717) is 12.2 Å². The van der Waals surface area contributed by atoms with E-state index in [2.05, 4.69) is 26.3 Å². The van der Waals surface area contributed by atoms with Crippen molar-refractivity contribution in [3.8, 4) is 5.75 Å². The van der Waals surface area contributed by atoms with Crippen LogP contribution < -0.4 is 10.1 Å². The average Bonchev–Trinajstić information content (AvgIpc) is 3.21. The van der Waals surface area contributed by atoms with Gasteiger partial charge in [0.2, 0.25) is 0 Å². The van der Waals surface area contributed by atoms with E-state index in [4.69, 9.17) is 4.74 Å². The summed E-state index contributed by atoms with van der Waals surface area (Å²) in [5, 5.41) is 6.32. The molecule has 0 unspecified atom stereocenters. The van der Waals surface area contributed by atoms with Gasteiger partial charge in [-0.05, 0) is 55.0 Å². The van der Waals surface area contributed by atoms with Gasteiger partial charge >= 0.3 is 0 Å². The first-order valence-electron chi connectivity index (χ1n) is 11.2. The van der Waals surface area contributed by atoms with Gasteiger partial charge in [-0.3, -0.25) is 14.7 Å². The van der Waals surface area contributed by atoms with E-state index >= 15 is 0 Å². The van der Waals surface area contributed by atoms with Crippen LogP contribution in [0.1, 0.15) is 34.6 Å². The molecule has 0 radical (unpaired) electrons. The molecular weight excluding hydrogens is 400 g/mol. The van der Waals surface area contributed by atoms with Gasteiger partial charge in [-0.15, -0.1) is 0 Å². The van der Waals surface area contributed by atoms with Crippen molar-refractivity contribution in [3.05, 3.63) is 71.7 Å². The number of rotatable bonds is 7. The summed E-state index contributed by atoms with van der Waals surface area (Å²) < 4.78 is 5.57. The number of aromatic nitrogens is 2. The number of benzene rings is 2. The number of hydrogen-bond donors (Lipinski definition) is 2. The van der Waals surface area contributed by atoms with Gasteiger partial charge in [0.15, 0.2) is 0 Å². The molecule has 2 aromatic carbocycles. The lowest BCUT2D eigenvalue weighted by atomic mass is 10.0. The number of fused-ring (bicyclic) bond motifs is 4. The number of ether oxygens (including phenoxy) is 1. The zero-order valence-corrected chi connectivity index (χ0v) is 18.4. The Bertz CT molecular complexity index is 1260. The van der Waals surface area contributed by atoms with Gasteiger partial charge in [0.25, 0.3) is 5.91 Å². The molecule has 0 spiro atoms. The molecule has 0 fully saturated rings. The molecule has 164 valence electrons. The van der Waals surface area contributed by atoms with Gasteiger partial charge < -0.3 is 15.0 Å². The summed E-state index contributed by atoms with van der Waals surface area (Å²) in [5.74, 6) is 0.843. The maximum atomic E-state index is 12.4. The fraction of sp³-hybridized carbons (Fsp3) is 0.308. The molecule has 6 heteroatoms. The van der Waals surface area contributed by atoms with Crippen LogP contribution in [0.25, 0.3) is 21.7 Å². The Kier molecular flexibility index (Phi) is 5.77. The van der Waals surface area contributed by atoms with Crippen molar-refractivity contribution in [3.63, 3.8) is 0 Å². The molecule has 2 aromatic heterocycles. The van der Waals surface area contributed by atoms with Crippen molar-refractivity contribution < 1.29 is 9.53 Å². The number of aromatic amines is 1. The van der Waals surface area contributed by atoms with Gasteiger partial charge in [0.1, 0.15) is 11.4 Å². The molecule has 3 heterocycles. The highest BCUT2D eigenvalue weighted by Gasteiger charge is 2.22. The van der Waals surface area contributed by atoms with Gasteiger partial charge in [0, 0.05) is 47.8 Å². The standard InChI is InChI=1S/C26H28N4O2/c1-32-24-10-6-9-21-25(24)20-11-14-30(17-23(20)29-21)13-5-4-12-27-26(31)22-15-18-7-2-3-8-19(18)16-28-22/h2-3,6-10,15-16,29H,4-5,11-14,17H2,1H3,(H,27,31). The molecule has 5 rings (SSSR count). The van der Waals surface area contributed by atoms with E-state index in [-0.39, 0.29) is 5.91 Å². The molecule has 0 atom stereocenters. The van der Waals surface area contributed by atoms with Crippen molar-refractivity contribution in [2.75, 3.05) is 26.7 Å². The lowest BCUT2D eigenvalue weighted by molar-refractivity contribution is 0.0947.